The molecule has 0 unspecified atom stereocenters. The third-order valence-corrected chi connectivity index (χ3v) is 4.74. The Morgan fingerprint density at radius 3 is 2.64 bits per heavy atom. The van der Waals surface area contributed by atoms with Crippen molar-refractivity contribution in [1.29, 1.82) is 0 Å². The molecule has 0 aliphatic carbocycles. The predicted molar refractivity (Wildman–Crippen MR) is 110 cm³/mol. The van der Waals surface area contributed by atoms with Gasteiger partial charge in [0, 0.05) is 24.0 Å². The standard InChI is InChI=1S/C22H17F4N5O2/c1-13-4-2-3-5-19(13)33-12-30-7-6-18(29-30)22(32)28-14-9-27-31(10-14)11-15-16(23)8-17(24)21(26)20(15)25/h2-10H,11-12H2,1H3,(H,28,32). The van der Waals surface area contributed by atoms with Crippen LogP contribution in [0, 0.1) is 30.2 Å². The van der Waals surface area contributed by atoms with Gasteiger partial charge in [0.05, 0.1) is 18.4 Å². The molecule has 0 aliphatic heterocycles. The summed E-state index contributed by atoms with van der Waals surface area (Å²) in [5.41, 5.74) is 0.591. The fourth-order valence-corrected chi connectivity index (χ4v) is 3.03. The second-order valence-electron chi connectivity index (χ2n) is 7.11. The van der Waals surface area contributed by atoms with Gasteiger partial charge in [-0.2, -0.15) is 10.2 Å². The van der Waals surface area contributed by atoms with Crippen LogP contribution < -0.4 is 10.1 Å². The number of nitrogens with one attached hydrogen (secondary N) is 1. The molecule has 0 atom stereocenters. The zero-order valence-electron chi connectivity index (χ0n) is 17.2. The van der Waals surface area contributed by atoms with Crippen molar-refractivity contribution in [2.45, 2.75) is 20.2 Å². The molecule has 0 spiro atoms. The van der Waals surface area contributed by atoms with Gasteiger partial charge < -0.3 is 10.1 Å². The van der Waals surface area contributed by atoms with Crippen LogP contribution in [0.3, 0.4) is 0 Å². The van der Waals surface area contributed by atoms with Gasteiger partial charge in [-0.25, -0.2) is 22.2 Å². The molecule has 7 nitrogen and oxygen atoms in total. The number of halogens is 4. The van der Waals surface area contributed by atoms with Crippen molar-refractivity contribution in [3.63, 3.8) is 0 Å². The van der Waals surface area contributed by atoms with Crippen molar-refractivity contribution in [3.8, 4) is 5.75 Å². The molecule has 0 aliphatic rings. The quantitative estimate of drug-likeness (QED) is 0.254. The normalized spacial score (nSPS) is 10.9. The molecule has 2 aromatic heterocycles. The highest BCUT2D eigenvalue weighted by Gasteiger charge is 2.20. The van der Waals surface area contributed by atoms with E-state index in [4.69, 9.17) is 4.74 Å². The smallest absolute Gasteiger partial charge is 0.276 e. The van der Waals surface area contributed by atoms with Gasteiger partial charge in [0.25, 0.3) is 5.91 Å². The lowest BCUT2D eigenvalue weighted by molar-refractivity contribution is 0.102. The lowest BCUT2D eigenvalue weighted by Crippen LogP contribution is -2.14. The van der Waals surface area contributed by atoms with Crippen LogP contribution in [0.4, 0.5) is 23.2 Å². The molecule has 2 aromatic carbocycles. The largest absolute Gasteiger partial charge is 0.471 e. The Labute approximate surface area is 185 Å². The molecule has 4 aromatic rings. The second-order valence-corrected chi connectivity index (χ2v) is 7.11. The number of hydrogen-bond donors (Lipinski definition) is 1. The van der Waals surface area contributed by atoms with Gasteiger partial charge in [-0.3, -0.25) is 9.48 Å². The molecule has 0 saturated heterocycles. The Morgan fingerprint density at radius 1 is 1.06 bits per heavy atom. The minimum atomic E-state index is -1.77. The fourth-order valence-electron chi connectivity index (χ4n) is 3.03. The number of hydrogen-bond acceptors (Lipinski definition) is 4. The molecule has 4 rings (SSSR count). The zero-order valence-corrected chi connectivity index (χ0v) is 17.2. The van der Waals surface area contributed by atoms with E-state index in [1.54, 1.807) is 6.20 Å². The van der Waals surface area contributed by atoms with E-state index in [2.05, 4.69) is 15.5 Å². The summed E-state index contributed by atoms with van der Waals surface area (Å²) in [5.74, 6) is -6.12. The maximum Gasteiger partial charge on any atom is 0.276 e. The Morgan fingerprint density at radius 2 is 1.85 bits per heavy atom. The summed E-state index contributed by atoms with van der Waals surface area (Å²) in [6.07, 6.45) is 4.10. The summed E-state index contributed by atoms with van der Waals surface area (Å²) in [5, 5.41) is 10.6. The van der Waals surface area contributed by atoms with Crippen molar-refractivity contribution in [3.05, 3.63) is 95.1 Å². The van der Waals surface area contributed by atoms with E-state index in [-0.39, 0.29) is 24.2 Å². The Kier molecular flexibility index (Phi) is 6.11. The first-order valence-electron chi connectivity index (χ1n) is 9.69. The van der Waals surface area contributed by atoms with Crippen molar-refractivity contribution in [1.82, 2.24) is 19.6 Å². The minimum absolute atomic E-state index is 0.0986. The summed E-state index contributed by atoms with van der Waals surface area (Å²) in [7, 11) is 0. The van der Waals surface area contributed by atoms with E-state index in [0.29, 0.717) is 5.75 Å². The SMILES string of the molecule is Cc1ccccc1OCn1ccc(C(=O)Nc2cnn(Cc3c(F)cc(F)c(F)c3F)c2)n1. The first kappa shape index (κ1) is 22.1. The van der Waals surface area contributed by atoms with Crippen LogP contribution in [0.2, 0.25) is 0 Å². The van der Waals surface area contributed by atoms with E-state index in [1.807, 2.05) is 31.2 Å². The lowest BCUT2D eigenvalue weighted by Gasteiger charge is -2.08. The molecule has 0 radical (unpaired) electrons. The van der Waals surface area contributed by atoms with Crippen LogP contribution in [-0.4, -0.2) is 25.5 Å². The van der Waals surface area contributed by atoms with Crippen molar-refractivity contribution in [2.75, 3.05) is 5.32 Å². The van der Waals surface area contributed by atoms with Crippen LogP contribution in [0.5, 0.6) is 5.75 Å². The van der Waals surface area contributed by atoms with E-state index < -0.39 is 41.3 Å². The second kappa shape index (κ2) is 9.15. The summed E-state index contributed by atoms with van der Waals surface area (Å²) in [6.45, 7) is 1.50. The summed E-state index contributed by atoms with van der Waals surface area (Å²) >= 11 is 0. The predicted octanol–water partition coefficient (Wildman–Crippen LogP) is 4.28. The van der Waals surface area contributed by atoms with Crippen LogP contribution in [0.15, 0.2) is 55.0 Å². The maximum atomic E-state index is 13.9. The number of anilines is 1. The number of carbonyl (C=O) groups is 1. The van der Waals surface area contributed by atoms with Gasteiger partial charge in [0.15, 0.2) is 29.9 Å². The minimum Gasteiger partial charge on any atom is -0.471 e. The molecule has 33 heavy (non-hydrogen) atoms. The number of rotatable bonds is 7. The molecule has 0 fully saturated rings. The summed E-state index contributed by atoms with van der Waals surface area (Å²) in [6, 6.07) is 9.23. The summed E-state index contributed by atoms with van der Waals surface area (Å²) < 4.78 is 62.4. The van der Waals surface area contributed by atoms with Gasteiger partial charge in [-0.15, -0.1) is 0 Å². The topological polar surface area (TPSA) is 74.0 Å². The highest BCUT2D eigenvalue weighted by Crippen LogP contribution is 2.21. The number of carbonyl (C=O) groups excluding carboxylic acids is 1. The fraction of sp³-hybridized carbons (Fsp3) is 0.136. The van der Waals surface area contributed by atoms with E-state index in [9.17, 15) is 22.4 Å². The average molecular weight is 459 g/mol. The van der Waals surface area contributed by atoms with Crippen LogP contribution >= 0.6 is 0 Å². The number of benzene rings is 2. The van der Waals surface area contributed by atoms with Crippen molar-refractivity contribution < 1.29 is 27.1 Å². The van der Waals surface area contributed by atoms with E-state index in [1.165, 1.54) is 23.1 Å². The van der Waals surface area contributed by atoms with Crippen LogP contribution in [0.1, 0.15) is 21.6 Å². The molecule has 1 amide bonds. The molecule has 2 heterocycles. The third kappa shape index (κ3) is 4.86. The summed E-state index contributed by atoms with van der Waals surface area (Å²) in [4.78, 5) is 12.4. The van der Waals surface area contributed by atoms with Gasteiger partial charge in [-0.05, 0) is 24.6 Å². The molecule has 1 N–H and O–H groups in total. The van der Waals surface area contributed by atoms with E-state index >= 15 is 0 Å². The van der Waals surface area contributed by atoms with Gasteiger partial charge in [0.1, 0.15) is 11.6 Å². The highest BCUT2D eigenvalue weighted by molar-refractivity contribution is 6.02. The Bertz CT molecular complexity index is 1320. The number of para-hydroxylation sites is 1. The number of aromatic nitrogens is 4. The Hall–Kier alpha value is -4.15. The monoisotopic (exact) mass is 459 g/mol. The molecular formula is C22H17F4N5O2. The maximum absolute atomic E-state index is 13.9. The van der Waals surface area contributed by atoms with Gasteiger partial charge >= 0.3 is 0 Å². The highest BCUT2D eigenvalue weighted by atomic mass is 19.2. The third-order valence-electron chi connectivity index (χ3n) is 4.74. The molecule has 170 valence electrons. The first-order valence-corrected chi connectivity index (χ1v) is 9.69. The molecule has 0 bridgehead atoms. The van der Waals surface area contributed by atoms with Crippen molar-refractivity contribution >= 4 is 11.6 Å². The first-order chi connectivity index (χ1) is 15.8. The van der Waals surface area contributed by atoms with E-state index in [0.717, 1.165) is 10.2 Å². The molecular weight excluding hydrogens is 442 g/mol. The van der Waals surface area contributed by atoms with Crippen molar-refractivity contribution in [2.24, 2.45) is 0 Å². The van der Waals surface area contributed by atoms with Gasteiger partial charge in [0.2, 0.25) is 0 Å². The number of amides is 1. The average Bonchev–Trinajstić information content (AvgIpc) is 3.44. The molecule has 0 saturated carbocycles. The van der Waals surface area contributed by atoms with Crippen LogP contribution in [-0.2, 0) is 13.3 Å². The Balaban J connectivity index is 1.38. The number of nitrogens with zero attached hydrogens (tertiary/aromatic N) is 4. The molecule has 11 heteroatoms. The lowest BCUT2D eigenvalue weighted by atomic mass is 10.2. The number of ether oxygens (including phenoxy) is 1. The zero-order chi connectivity index (χ0) is 23.5. The number of aryl methyl sites for hydroxylation is 1. The van der Waals surface area contributed by atoms with Crippen LogP contribution in [0.25, 0.3) is 0 Å². The van der Waals surface area contributed by atoms with Gasteiger partial charge in [-0.1, -0.05) is 18.2 Å².